The van der Waals surface area contributed by atoms with Crippen LogP contribution in [0, 0.1) is 0 Å². The molecule has 0 aromatic rings. The number of nitrogens with one attached hydrogen (secondary N) is 1. The van der Waals surface area contributed by atoms with Gasteiger partial charge in [0.05, 0.1) is 0 Å². The van der Waals surface area contributed by atoms with Crippen LogP contribution < -0.4 is 5.48 Å². The van der Waals surface area contributed by atoms with Gasteiger partial charge in [-0.1, -0.05) is 13.3 Å². The number of hydrogen-bond acceptors (Lipinski definition) is 3. The average molecular weight is 119 g/mol. The molecule has 0 aliphatic heterocycles. The van der Waals surface area contributed by atoms with E-state index in [4.69, 9.17) is 10.3 Å². The van der Waals surface area contributed by atoms with E-state index in [1.807, 2.05) is 6.92 Å². The molecule has 0 aliphatic rings. The predicted octanol–water partition coefficient (Wildman–Crippen LogP) is 0.474. The first-order valence-corrected chi connectivity index (χ1v) is 2.89. The molecule has 0 rings (SSSR count). The summed E-state index contributed by atoms with van der Waals surface area (Å²) < 4.78 is 0. The summed E-state index contributed by atoms with van der Waals surface area (Å²) >= 11 is 0. The van der Waals surface area contributed by atoms with Gasteiger partial charge in [0.2, 0.25) is 0 Å². The van der Waals surface area contributed by atoms with Crippen molar-refractivity contribution in [2.75, 3.05) is 0 Å². The zero-order chi connectivity index (χ0) is 6.41. The summed E-state index contributed by atoms with van der Waals surface area (Å²) in [5, 5.41) is 16.7. The summed E-state index contributed by atoms with van der Waals surface area (Å²) in [4.78, 5) is 0. The van der Waals surface area contributed by atoms with E-state index in [0.717, 1.165) is 12.8 Å². The van der Waals surface area contributed by atoms with Gasteiger partial charge in [-0.05, 0) is 12.8 Å². The molecule has 0 radical (unpaired) electrons. The normalized spacial score (nSPS) is 13.9. The average Bonchev–Trinajstić information content (AvgIpc) is 1.83. The minimum atomic E-state index is -0.741. The third-order valence-corrected chi connectivity index (χ3v) is 0.980. The fourth-order valence-electron chi connectivity index (χ4n) is 0.462. The molecule has 0 aromatic carbocycles. The van der Waals surface area contributed by atoms with Gasteiger partial charge in [0.15, 0.2) is 0 Å². The quantitative estimate of drug-likeness (QED) is 0.372. The molecule has 50 valence electrons. The van der Waals surface area contributed by atoms with Gasteiger partial charge in [-0.25, -0.2) is 0 Å². The van der Waals surface area contributed by atoms with E-state index >= 15 is 0 Å². The fourth-order valence-corrected chi connectivity index (χ4v) is 0.462. The second-order valence-corrected chi connectivity index (χ2v) is 1.79. The molecule has 0 heterocycles. The van der Waals surface area contributed by atoms with Crippen LogP contribution in [0.3, 0.4) is 0 Å². The van der Waals surface area contributed by atoms with Gasteiger partial charge in [-0.15, -0.1) is 0 Å². The molecular formula is C5H13NO2. The number of aliphatic hydroxyl groups is 1. The van der Waals surface area contributed by atoms with E-state index in [-0.39, 0.29) is 0 Å². The van der Waals surface area contributed by atoms with Crippen LogP contribution in [0.5, 0.6) is 0 Å². The molecule has 0 saturated heterocycles. The topological polar surface area (TPSA) is 52.5 Å². The molecule has 0 spiro atoms. The van der Waals surface area contributed by atoms with Crippen molar-refractivity contribution < 1.29 is 10.3 Å². The van der Waals surface area contributed by atoms with Crippen molar-refractivity contribution in [3.8, 4) is 0 Å². The second-order valence-electron chi connectivity index (χ2n) is 1.79. The zero-order valence-electron chi connectivity index (χ0n) is 5.09. The maximum Gasteiger partial charge on any atom is 0.126 e. The summed E-state index contributed by atoms with van der Waals surface area (Å²) in [5.74, 6) is 0. The van der Waals surface area contributed by atoms with Gasteiger partial charge in [-0.3, -0.25) is 0 Å². The highest BCUT2D eigenvalue weighted by Gasteiger charge is 1.96. The van der Waals surface area contributed by atoms with Gasteiger partial charge in [-0.2, -0.15) is 5.48 Å². The summed E-state index contributed by atoms with van der Waals surface area (Å²) in [5.41, 5.74) is 1.76. The Morgan fingerprint density at radius 1 is 1.62 bits per heavy atom. The lowest BCUT2D eigenvalue weighted by molar-refractivity contribution is -0.00368. The minimum Gasteiger partial charge on any atom is -0.377 e. The van der Waals surface area contributed by atoms with E-state index in [1.54, 1.807) is 5.48 Å². The van der Waals surface area contributed by atoms with Crippen LogP contribution in [0.2, 0.25) is 0 Å². The lowest BCUT2D eigenvalue weighted by atomic mass is 10.2. The molecule has 0 bridgehead atoms. The summed E-state index contributed by atoms with van der Waals surface area (Å²) in [6.07, 6.45) is 1.86. The standard InChI is InChI=1S/C5H13NO2/c1-2-3-4-5(7)6-8/h5-8H,2-4H2,1H3. The van der Waals surface area contributed by atoms with Crippen molar-refractivity contribution in [2.24, 2.45) is 0 Å². The van der Waals surface area contributed by atoms with Crippen LogP contribution in [-0.4, -0.2) is 16.5 Å². The Hall–Kier alpha value is -0.120. The summed E-state index contributed by atoms with van der Waals surface area (Å²) in [6, 6.07) is 0. The number of hydroxylamine groups is 1. The van der Waals surface area contributed by atoms with Crippen LogP contribution >= 0.6 is 0 Å². The van der Waals surface area contributed by atoms with E-state index in [1.165, 1.54) is 0 Å². The van der Waals surface area contributed by atoms with E-state index < -0.39 is 6.23 Å². The van der Waals surface area contributed by atoms with Crippen molar-refractivity contribution in [1.82, 2.24) is 5.48 Å². The molecule has 0 saturated carbocycles. The van der Waals surface area contributed by atoms with Crippen molar-refractivity contribution in [2.45, 2.75) is 32.4 Å². The van der Waals surface area contributed by atoms with Crippen molar-refractivity contribution in [3.63, 3.8) is 0 Å². The second kappa shape index (κ2) is 5.03. The first-order valence-electron chi connectivity index (χ1n) is 2.89. The van der Waals surface area contributed by atoms with E-state index in [0.29, 0.717) is 6.42 Å². The highest BCUT2D eigenvalue weighted by atomic mass is 16.5. The van der Waals surface area contributed by atoms with Crippen molar-refractivity contribution in [3.05, 3.63) is 0 Å². The van der Waals surface area contributed by atoms with Crippen molar-refractivity contribution >= 4 is 0 Å². The van der Waals surface area contributed by atoms with Crippen molar-refractivity contribution in [1.29, 1.82) is 0 Å². The third-order valence-electron chi connectivity index (χ3n) is 0.980. The van der Waals surface area contributed by atoms with Gasteiger partial charge >= 0.3 is 0 Å². The third kappa shape index (κ3) is 4.05. The Morgan fingerprint density at radius 2 is 2.25 bits per heavy atom. The zero-order valence-corrected chi connectivity index (χ0v) is 5.09. The Morgan fingerprint density at radius 3 is 2.62 bits per heavy atom. The van der Waals surface area contributed by atoms with Gasteiger partial charge in [0.1, 0.15) is 6.23 Å². The van der Waals surface area contributed by atoms with Gasteiger partial charge in [0, 0.05) is 0 Å². The predicted molar refractivity (Wildman–Crippen MR) is 30.5 cm³/mol. The van der Waals surface area contributed by atoms with Crippen LogP contribution in [-0.2, 0) is 0 Å². The molecule has 0 fully saturated rings. The Bertz CT molecular complexity index is 49.7. The first-order chi connectivity index (χ1) is 3.81. The summed E-state index contributed by atoms with van der Waals surface area (Å²) in [6.45, 7) is 2.03. The fraction of sp³-hybridized carbons (Fsp3) is 1.00. The lowest BCUT2D eigenvalue weighted by Gasteiger charge is -2.04. The van der Waals surface area contributed by atoms with Crippen LogP contribution in [0.15, 0.2) is 0 Å². The summed E-state index contributed by atoms with van der Waals surface area (Å²) in [7, 11) is 0. The molecule has 1 unspecified atom stereocenters. The molecule has 1 atom stereocenters. The smallest absolute Gasteiger partial charge is 0.126 e. The lowest BCUT2D eigenvalue weighted by Crippen LogP contribution is -2.24. The van der Waals surface area contributed by atoms with Gasteiger partial charge in [0.25, 0.3) is 0 Å². The maximum atomic E-state index is 8.63. The number of unbranched alkanes of at least 4 members (excludes halogenated alkanes) is 1. The molecule has 0 amide bonds. The van der Waals surface area contributed by atoms with Crippen LogP contribution in [0.25, 0.3) is 0 Å². The highest BCUT2D eigenvalue weighted by molar-refractivity contribution is 4.43. The first kappa shape index (κ1) is 7.88. The maximum absolute atomic E-state index is 8.63. The monoisotopic (exact) mass is 119 g/mol. The molecule has 0 aromatic heterocycles. The van der Waals surface area contributed by atoms with E-state index in [9.17, 15) is 0 Å². The molecule has 3 N–H and O–H groups in total. The molecule has 3 heteroatoms. The molecule has 8 heavy (non-hydrogen) atoms. The number of aliphatic hydroxyl groups excluding tert-OH is 1. The SMILES string of the molecule is CCCCC(O)NO. The largest absolute Gasteiger partial charge is 0.377 e. The van der Waals surface area contributed by atoms with Crippen LogP contribution in [0.4, 0.5) is 0 Å². The Kier molecular flexibility index (Phi) is 4.95. The molecular weight excluding hydrogens is 106 g/mol. The molecule has 3 nitrogen and oxygen atoms in total. The minimum absolute atomic E-state index is 0.618. The van der Waals surface area contributed by atoms with Crippen LogP contribution in [0.1, 0.15) is 26.2 Å². The highest BCUT2D eigenvalue weighted by Crippen LogP contribution is 1.95. The number of hydrogen-bond donors (Lipinski definition) is 3. The molecule has 0 aliphatic carbocycles. The Labute approximate surface area is 49.3 Å². The number of rotatable bonds is 4. The van der Waals surface area contributed by atoms with E-state index in [2.05, 4.69) is 0 Å². The Balaban J connectivity index is 2.86. The van der Waals surface area contributed by atoms with Gasteiger partial charge < -0.3 is 10.3 Å².